The highest BCUT2D eigenvalue weighted by Gasteiger charge is 2.31. The van der Waals surface area contributed by atoms with E-state index in [1.165, 1.54) is 0 Å². The van der Waals surface area contributed by atoms with Gasteiger partial charge in [0.25, 0.3) is 0 Å². The van der Waals surface area contributed by atoms with E-state index in [9.17, 15) is 9.90 Å². The van der Waals surface area contributed by atoms with Crippen molar-refractivity contribution >= 4 is 5.97 Å². The lowest BCUT2D eigenvalue weighted by molar-refractivity contribution is -0.144. The molecule has 1 rings (SSSR count). The van der Waals surface area contributed by atoms with Gasteiger partial charge in [-0.1, -0.05) is 13.8 Å². The van der Waals surface area contributed by atoms with Gasteiger partial charge in [0.05, 0.1) is 6.61 Å². The Morgan fingerprint density at radius 2 is 2.17 bits per heavy atom. The van der Waals surface area contributed by atoms with Crippen LogP contribution in [0.3, 0.4) is 0 Å². The maximum atomic E-state index is 11.2. The lowest BCUT2D eigenvalue weighted by Crippen LogP contribution is -2.57. The van der Waals surface area contributed by atoms with Crippen LogP contribution in [0.4, 0.5) is 0 Å². The van der Waals surface area contributed by atoms with E-state index in [2.05, 4.69) is 16.7 Å². The molecule has 0 amide bonds. The smallest absolute Gasteiger partial charge is 0.320 e. The van der Waals surface area contributed by atoms with E-state index in [1.807, 2.05) is 6.92 Å². The summed E-state index contributed by atoms with van der Waals surface area (Å²) in [6.45, 7) is 8.41. The van der Waals surface area contributed by atoms with Crippen molar-refractivity contribution in [1.82, 2.24) is 9.80 Å². The third kappa shape index (κ3) is 3.93. The van der Waals surface area contributed by atoms with Gasteiger partial charge >= 0.3 is 5.97 Å². The van der Waals surface area contributed by atoms with Crippen molar-refractivity contribution in [2.75, 3.05) is 39.9 Å². The first-order valence-corrected chi connectivity index (χ1v) is 6.83. The number of hydrogen-bond donors (Lipinski definition) is 1. The number of rotatable bonds is 7. The van der Waals surface area contributed by atoms with E-state index >= 15 is 0 Å². The second kappa shape index (κ2) is 7.71. The van der Waals surface area contributed by atoms with Gasteiger partial charge in [0.1, 0.15) is 6.04 Å². The number of nitrogens with zero attached hydrogens (tertiary/aromatic N) is 2. The van der Waals surface area contributed by atoms with E-state index in [0.717, 1.165) is 39.2 Å². The first-order valence-electron chi connectivity index (χ1n) is 6.83. The molecule has 0 aromatic rings. The minimum atomic E-state index is -0.697. The van der Waals surface area contributed by atoms with Crippen molar-refractivity contribution in [3.63, 3.8) is 0 Å². The first kappa shape index (κ1) is 15.4. The number of carbonyl (C=O) groups is 1. The summed E-state index contributed by atoms with van der Waals surface area (Å²) < 4.78 is 5.12. The van der Waals surface area contributed by atoms with Crippen LogP contribution in [-0.2, 0) is 9.53 Å². The topological polar surface area (TPSA) is 53.0 Å². The van der Waals surface area contributed by atoms with Crippen LogP contribution in [0.5, 0.6) is 0 Å². The molecule has 1 fully saturated rings. The number of methoxy groups -OCH3 is 1. The Labute approximate surface area is 110 Å². The van der Waals surface area contributed by atoms with Crippen LogP contribution in [0.15, 0.2) is 0 Å². The van der Waals surface area contributed by atoms with Gasteiger partial charge in [-0.2, -0.15) is 0 Å². The third-order valence-corrected chi connectivity index (χ3v) is 3.80. The number of carboxylic acids is 1. The Kier molecular flexibility index (Phi) is 6.60. The summed E-state index contributed by atoms with van der Waals surface area (Å²) in [5.41, 5.74) is 0. The van der Waals surface area contributed by atoms with E-state index in [1.54, 1.807) is 7.11 Å². The van der Waals surface area contributed by atoms with Gasteiger partial charge < -0.3 is 9.84 Å². The molecule has 0 aromatic carbocycles. The Morgan fingerprint density at radius 1 is 1.44 bits per heavy atom. The van der Waals surface area contributed by atoms with Gasteiger partial charge in [-0.25, -0.2) is 0 Å². The Morgan fingerprint density at radius 3 is 2.67 bits per heavy atom. The van der Waals surface area contributed by atoms with Gasteiger partial charge in [-0.05, 0) is 12.8 Å². The molecule has 0 aliphatic carbocycles. The zero-order valence-corrected chi connectivity index (χ0v) is 11.8. The van der Waals surface area contributed by atoms with Crippen molar-refractivity contribution in [2.24, 2.45) is 0 Å². The molecule has 0 unspecified atom stereocenters. The Bertz CT molecular complexity index is 261. The predicted molar refractivity (Wildman–Crippen MR) is 70.8 cm³/mol. The lowest BCUT2D eigenvalue weighted by Gasteiger charge is -2.43. The monoisotopic (exact) mass is 258 g/mol. The number of piperazine rings is 1. The van der Waals surface area contributed by atoms with Crippen LogP contribution >= 0.6 is 0 Å². The zero-order chi connectivity index (χ0) is 13.5. The predicted octanol–water partition coefficient (Wildman–Crippen LogP) is 0.892. The van der Waals surface area contributed by atoms with Gasteiger partial charge in [0.15, 0.2) is 0 Å². The maximum Gasteiger partial charge on any atom is 0.320 e. The van der Waals surface area contributed by atoms with E-state index in [-0.39, 0.29) is 6.04 Å². The molecule has 5 heteroatoms. The van der Waals surface area contributed by atoms with E-state index in [0.29, 0.717) is 12.5 Å². The Balaban J connectivity index is 2.56. The molecular weight excluding hydrogens is 232 g/mol. The molecule has 1 aliphatic heterocycles. The molecule has 0 radical (unpaired) electrons. The highest BCUT2D eigenvalue weighted by atomic mass is 16.5. The molecular formula is C13H26N2O3. The first-order chi connectivity index (χ1) is 8.63. The molecule has 1 N–H and O–H groups in total. The molecule has 0 spiro atoms. The second-order valence-corrected chi connectivity index (χ2v) is 4.85. The van der Waals surface area contributed by atoms with Crippen LogP contribution in [0, 0.1) is 0 Å². The standard InChI is InChI=1S/C13H26N2O3/c1-4-11-10-15(12(5-2)13(16)17)7-6-14(11)8-9-18-3/h11-12H,4-10H2,1-3H3,(H,16,17)/t11-,12+/m0/s1. The van der Waals surface area contributed by atoms with Gasteiger partial charge in [-0.15, -0.1) is 0 Å². The SMILES string of the molecule is CC[C@H]1CN([C@H](CC)C(=O)O)CCN1CCOC. The van der Waals surface area contributed by atoms with Crippen molar-refractivity contribution in [3.05, 3.63) is 0 Å². The Hall–Kier alpha value is -0.650. The third-order valence-electron chi connectivity index (χ3n) is 3.80. The summed E-state index contributed by atoms with van der Waals surface area (Å²) in [7, 11) is 1.72. The largest absolute Gasteiger partial charge is 0.480 e. The quantitative estimate of drug-likeness (QED) is 0.735. The fourth-order valence-electron chi connectivity index (χ4n) is 2.68. The molecule has 0 aromatic heterocycles. The molecule has 1 saturated heterocycles. The zero-order valence-electron chi connectivity index (χ0n) is 11.8. The summed E-state index contributed by atoms with van der Waals surface area (Å²) in [6.07, 6.45) is 1.72. The highest BCUT2D eigenvalue weighted by molar-refractivity contribution is 5.73. The number of hydrogen-bond acceptors (Lipinski definition) is 4. The van der Waals surface area contributed by atoms with Crippen LogP contribution in [0.2, 0.25) is 0 Å². The summed E-state index contributed by atoms with van der Waals surface area (Å²) in [6, 6.07) is 0.117. The second-order valence-electron chi connectivity index (χ2n) is 4.85. The van der Waals surface area contributed by atoms with E-state index in [4.69, 9.17) is 4.74 Å². The minimum absolute atomic E-state index is 0.330. The van der Waals surface area contributed by atoms with Crippen molar-refractivity contribution in [1.29, 1.82) is 0 Å². The molecule has 2 atom stereocenters. The van der Waals surface area contributed by atoms with Crippen LogP contribution < -0.4 is 0 Å². The van der Waals surface area contributed by atoms with Gasteiger partial charge in [0, 0.05) is 39.3 Å². The maximum absolute atomic E-state index is 11.2. The van der Waals surface area contributed by atoms with Crippen molar-refractivity contribution < 1.29 is 14.6 Å². The van der Waals surface area contributed by atoms with Crippen molar-refractivity contribution in [2.45, 2.75) is 38.8 Å². The molecule has 1 aliphatic rings. The molecule has 0 bridgehead atoms. The van der Waals surface area contributed by atoms with Crippen LogP contribution in [-0.4, -0.2) is 72.9 Å². The number of aliphatic carboxylic acids is 1. The average Bonchev–Trinajstić information content (AvgIpc) is 2.37. The summed E-state index contributed by atoms with van der Waals surface area (Å²) in [4.78, 5) is 15.7. The summed E-state index contributed by atoms with van der Waals surface area (Å²) >= 11 is 0. The summed E-state index contributed by atoms with van der Waals surface area (Å²) in [5, 5.41) is 9.22. The molecule has 5 nitrogen and oxygen atoms in total. The van der Waals surface area contributed by atoms with Crippen LogP contribution in [0.1, 0.15) is 26.7 Å². The minimum Gasteiger partial charge on any atom is -0.480 e. The van der Waals surface area contributed by atoms with Crippen LogP contribution in [0.25, 0.3) is 0 Å². The molecule has 1 heterocycles. The van der Waals surface area contributed by atoms with Crippen molar-refractivity contribution in [3.8, 4) is 0 Å². The number of ether oxygens (including phenoxy) is 1. The fourth-order valence-corrected chi connectivity index (χ4v) is 2.68. The molecule has 106 valence electrons. The lowest BCUT2D eigenvalue weighted by atomic mass is 10.1. The normalized spacial score (nSPS) is 24.1. The number of carboxylic acid groups (broad SMARTS) is 1. The fraction of sp³-hybridized carbons (Fsp3) is 0.923. The van der Waals surface area contributed by atoms with Gasteiger partial charge in [0.2, 0.25) is 0 Å². The van der Waals surface area contributed by atoms with Gasteiger partial charge in [-0.3, -0.25) is 14.6 Å². The molecule has 18 heavy (non-hydrogen) atoms. The summed E-state index contributed by atoms with van der Waals surface area (Å²) in [5.74, 6) is -0.697. The average molecular weight is 258 g/mol. The molecule has 0 saturated carbocycles. The highest BCUT2D eigenvalue weighted by Crippen LogP contribution is 2.16. The van der Waals surface area contributed by atoms with E-state index < -0.39 is 5.97 Å².